The van der Waals surface area contributed by atoms with Crippen LogP contribution in [0.2, 0.25) is 0 Å². The topological polar surface area (TPSA) is 87.1 Å². The van der Waals surface area contributed by atoms with E-state index in [1.54, 1.807) is 12.1 Å². The van der Waals surface area contributed by atoms with Crippen LogP contribution in [0, 0.1) is 5.82 Å². The first-order chi connectivity index (χ1) is 10.0. The predicted octanol–water partition coefficient (Wildman–Crippen LogP) is 2.66. The van der Waals surface area contributed by atoms with Crippen LogP contribution in [0.25, 0.3) is 0 Å². The molecule has 6 nitrogen and oxygen atoms in total. The summed E-state index contributed by atoms with van der Waals surface area (Å²) in [5.41, 5.74) is 0.512. The van der Waals surface area contributed by atoms with E-state index in [0.717, 1.165) is 11.8 Å². The number of anilines is 2. The highest BCUT2D eigenvalue weighted by molar-refractivity contribution is 8.01. The third-order valence-electron chi connectivity index (χ3n) is 2.03. The van der Waals surface area contributed by atoms with E-state index in [2.05, 4.69) is 20.8 Å². The first kappa shape index (κ1) is 15.6. The van der Waals surface area contributed by atoms with Crippen LogP contribution in [0.3, 0.4) is 0 Å². The number of hydrogen-bond acceptors (Lipinski definition) is 6. The second kappa shape index (κ2) is 7.29. The Bertz CT molecular complexity index is 664. The first-order valence-corrected chi connectivity index (χ1v) is 7.75. The number of thiocarbonyl (C=S) groups is 1. The lowest BCUT2D eigenvalue weighted by Crippen LogP contribution is -2.18. The van der Waals surface area contributed by atoms with Crippen LogP contribution in [0.15, 0.2) is 28.6 Å². The third-order valence-corrected chi connectivity index (χ3v) is 4.19. The lowest BCUT2D eigenvalue weighted by molar-refractivity contribution is -0.133. The number of nitrogens with zero attached hydrogens (tertiary/aromatic N) is 2. The molecule has 110 valence electrons. The first-order valence-electron chi connectivity index (χ1n) is 5.54. The van der Waals surface area contributed by atoms with E-state index in [9.17, 15) is 9.18 Å². The molecule has 2 aromatic rings. The molecule has 0 atom stereocenters. The smallest absolute Gasteiger partial charge is 0.313 e. The number of halogens is 1. The summed E-state index contributed by atoms with van der Waals surface area (Å²) in [6.45, 7) is 0. The van der Waals surface area contributed by atoms with Gasteiger partial charge in [0.25, 0.3) is 0 Å². The summed E-state index contributed by atoms with van der Waals surface area (Å²) < 4.78 is 13.5. The standard InChI is InChI=1S/C11H9FN4O2S3/c12-6-2-1-3-7(4-6)13-9(19)14-10-15-16-11(21-10)20-5-8(17)18/h1-4H,5H2,(H,17,18)(H2,13,14,15,19). The average Bonchev–Trinajstić information content (AvgIpc) is 2.83. The van der Waals surface area contributed by atoms with Crippen molar-refractivity contribution in [2.24, 2.45) is 0 Å². The molecule has 0 bridgehead atoms. The molecule has 0 aliphatic heterocycles. The summed E-state index contributed by atoms with van der Waals surface area (Å²) in [5, 5.41) is 22.5. The zero-order valence-corrected chi connectivity index (χ0v) is 12.8. The summed E-state index contributed by atoms with van der Waals surface area (Å²) in [5.74, 6) is -1.38. The maximum Gasteiger partial charge on any atom is 0.313 e. The number of carboxylic acid groups (broad SMARTS) is 1. The van der Waals surface area contributed by atoms with Gasteiger partial charge in [0.05, 0.1) is 5.75 Å². The van der Waals surface area contributed by atoms with E-state index in [1.807, 2.05) is 0 Å². The molecule has 0 radical (unpaired) electrons. The van der Waals surface area contributed by atoms with E-state index in [4.69, 9.17) is 17.3 Å². The second-order valence-corrected chi connectivity index (χ2v) is 6.25. The molecular formula is C11H9FN4O2S3. The minimum Gasteiger partial charge on any atom is -0.481 e. The number of nitrogens with one attached hydrogen (secondary N) is 2. The van der Waals surface area contributed by atoms with Crippen molar-refractivity contribution in [1.82, 2.24) is 10.2 Å². The molecule has 21 heavy (non-hydrogen) atoms. The fourth-order valence-electron chi connectivity index (χ4n) is 1.27. The molecule has 10 heteroatoms. The van der Waals surface area contributed by atoms with Crippen molar-refractivity contribution in [2.75, 3.05) is 16.4 Å². The molecule has 0 fully saturated rings. The summed E-state index contributed by atoms with van der Waals surface area (Å²) in [6.07, 6.45) is 0. The fourth-order valence-corrected chi connectivity index (χ4v) is 3.02. The fraction of sp³-hybridized carbons (Fsp3) is 0.0909. The Morgan fingerprint density at radius 3 is 2.95 bits per heavy atom. The van der Waals surface area contributed by atoms with E-state index in [0.29, 0.717) is 15.2 Å². The molecule has 0 unspecified atom stereocenters. The normalized spacial score (nSPS) is 10.1. The SMILES string of the molecule is O=C(O)CSc1nnc(NC(=S)Nc2cccc(F)c2)s1. The van der Waals surface area contributed by atoms with Gasteiger partial charge in [-0.1, -0.05) is 29.2 Å². The highest BCUT2D eigenvalue weighted by Gasteiger charge is 2.08. The Morgan fingerprint density at radius 1 is 1.43 bits per heavy atom. The van der Waals surface area contributed by atoms with Crippen molar-refractivity contribution < 1.29 is 14.3 Å². The minimum absolute atomic E-state index is 0.0827. The van der Waals surface area contributed by atoms with Crippen LogP contribution in [0.5, 0.6) is 0 Å². The van der Waals surface area contributed by atoms with Gasteiger partial charge in [0.15, 0.2) is 9.45 Å². The van der Waals surface area contributed by atoms with Crippen molar-refractivity contribution in [3.63, 3.8) is 0 Å². The lowest BCUT2D eigenvalue weighted by Gasteiger charge is -2.07. The van der Waals surface area contributed by atoms with Gasteiger partial charge in [-0.05, 0) is 30.4 Å². The molecule has 3 N–H and O–H groups in total. The Labute approximate surface area is 132 Å². The molecule has 0 saturated heterocycles. The number of hydrogen-bond donors (Lipinski definition) is 3. The maximum absolute atomic E-state index is 13.0. The number of aromatic nitrogens is 2. The van der Waals surface area contributed by atoms with E-state index < -0.39 is 5.97 Å². The second-order valence-electron chi connectivity index (χ2n) is 3.65. The molecule has 0 aliphatic rings. The highest BCUT2D eigenvalue weighted by atomic mass is 32.2. The van der Waals surface area contributed by atoms with Crippen LogP contribution >= 0.6 is 35.3 Å². The number of aliphatic carboxylic acids is 1. The van der Waals surface area contributed by atoms with Crippen molar-refractivity contribution in [3.05, 3.63) is 30.1 Å². The van der Waals surface area contributed by atoms with E-state index in [1.165, 1.54) is 23.5 Å². The van der Waals surface area contributed by atoms with Gasteiger partial charge in [0.2, 0.25) is 5.13 Å². The molecular weight excluding hydrogens is 335 g/mol. The molecule has 1 aromatic heterocycles. The monoisotopic (exact) mass is 344 g/mol. The number of carboxylic acids is 1. The van der Waals surface area contributed by atoms with Crippen LogP contribution in [0.4, 0.5) is 15.2 Å². The largest absolute Gasteiger partial charge is 0.481 e. The minimum atomic E-state index is -0.923. The molecule has 0 spiro atoms. The van der Waals surface area contributed by atoms with Gasteiger partial charge in [-0.25, -0.2) is 4.39 Å². The van der Waals surface area contributed by atoms with Crippen molar-refractivity contribution >= 4 is 57.2 Å². The summed E-state index contributed by atoms with van der Waals surface area (Å²) in [6, 6.07) is 5.87. The number of thioether (sulfide) groups is 1. The maximum atomic E-state index is 13.0. The molecule has 0 amide bonds. The Balaban J connectivity index is 1.89. The predicted molar refractivity (Wildman–Crippen MR) is 84.5 cm³/mol. The third kappa shape index (κ3) is 5.25. The molecule has 2 rings (SSSR count). The van der Waals surface area contributed by atoms with Gasteiger partial charge in [-0.2, -0.15) is 0 Å². The zero-order chi connectivity index (χ0) is 15.2. The van der Waals surface area contributed by atoms with Gasteiger partial charge >= 0.3 is 5.97 Å². The molecule has 1 heterocycles. The molecule has 1 aromatic carbocycles. The molecule has 0 saturated carbocycles. The van der Waals surface area contributed by atoms with Gasteiger partial charge < -0.3 is 15.7 Å². The van der Waals surface area contributed by atoms with Gasteiger partial charge in [0.1, 0.15) is 5.82 Å². The Hall–Kier alpha value is -1.78. The summed E-state index contributed by atoms with van der Waals surface area (Å²) >= 11 is 7.33. The average molecular weight is 344 g/mol. The number of benzene rings is 1. The van der Waals surface area contributed by atoms with Crippen molar-refractivity contribution in [1.29, 1.82) is 0 Å². The van der Waals surface area contributed by atoms with Gasteiger partial charge in [0, 0.05) is 5.69 Å². The van der Waals surface area contributed by atoms with Crippen LogP contribution in [-0.2, 0) is 4.79 Å². The van der Waals surface area contributed by atoms with Crippen molar-refractivity contribution in [3.8, 4) is 0 Å². The lowest BCUT2D eigenvalue weighted by atomic mass is 10.3. The van der Waals surface area contributed by atoms with Crippen molar-refractivity contribution in [2.45, 2.75) is 4.34 Å². The van der Waals surface area contributed by atoms with Crippen LogP contribution < -0.4 is 10.6 Å². The zero-order valence-electron chi connectivity index (χ0n) is 10.4. The Morgan fingerprint density at radius 2 is 2.24 bits per heavy atom. The summed E-state index contributed by atoms with van der Waals surface area (Å²) in [7, 11) is 0. The Kier molecular flexibility index (Phi) is 5.42. The number of rotatable bonds is 5. The van der Waals surface area contributed by atoms with E-state index >= 15 is 0 Å². The molecule has 0 aliphatic carbocycles. The number of carbonyl (C=O) groups is 1. The van der Waals surface area contributed by atoms with Crippen LogP contribution in [0.1, 0.15) is 0 Å². The van der Waals surface area contributed by atoms with E-state index in [-0.39, 0.29) is 16.7 Å². The van der Waals surface area contributed by atoms with Gasteiger partial charge in [-0.15, -0.1) is 10.2 Å². The van der Waals surface area contributed by atoms with Gasteiger partial charge in [-0.3, -0.25) is 4.79 Å². The summed E-state index contributed by atoms with van der Waals surface area (Å²) in [4.78, 5) is 10.4. The van der Waals surface area contributed by atoms with Crippen LogP contribution in [-0.4, -0.2) is 32.1 Å². The quantitative estimate of drug-likeness (QED) is 0.564. The highest BCUT2D eigenvalue weighted by Crippen LogP contribution is 2.25.